The number of amides is 1. The molecule has 3 rings (SSSR count). The molecule has 2 aliphatic rings. The first-order valence-electron chi connectivity index (χ1n) is 7.26. The molecule has 1 N–H and O–H groups in total. The zero-order valence-corrected chi connectivity index (χ0v) is 12.0. The van der Waals surface area contributed by atoms with E-state index in [1.54, 1.807) is 4.90 Å². The smallest absolute Gasteiger partial charge is 0.336 e. The van der Waals surface area contributed by atoms with Crippen molar-refractivity contribution >= 4 is 5.91 Å². The van der Waals surface area contributed by atoms with Gasteiger partial charge in [-0.3, -0.25) is 4.79 Å². The van der Waals surface area contributed by atoms with Gasteiger partial charge in [0.25, 0.3) is 0 Å². The molecular formula is C14H17F3N4O. The summed E-state index contributed by atoms with van der Waals surface area (Å²) >= 11 is 0. The predicted octanol–water partition coefficient (Wildman–Crippen LogP) is 1.60. The Labute approximate surface area is 125 Å². The van der Waals surface area contributed by atoms with Crippen LogP contribution < -0.4 is 5.32 Å². The number of hydrogen-bond acceptors (Lipinski definition) is 4. The van der Waals surface area contributed by atoms with Gasteiger partial charge >= 0.3 is 6.18 Å². The van der Waals surface area contributed by atoms with Gasteiger partial charge in [-0.1, -0.05) is 0 Å². The Morgan fingerprint density at radius 2 is 2.05 bits per heavy atom. The van der Waals surface area contributed by atoms with Crippen molar-refractivity contribution in [3.8, 4) is 0 Å². The molecule has 0 radical (unpaired) electrons. The molecule has 0 saturated carbocycles. The molecule has 2 fully saturated rings. The van der Waals surface area contributed by atoms with Crippen molar-refractivity contribution in [2.24, 2.45) is 5.41 Å². The third kappa shape index (κ3) is 3.06. The van der Waals surface area contributed by atoms with Crippen molar-refractivity contribution in [2.75, 3.05) is 19.6 Å². The highest BCUT2D eigenvalue weighted by Gasteiger charge is 2.43. The van der Waals surface area contributed by atoms with Crippen molar-refractivity contribution in [3.05, 3.63) is 23.8 Å². The number of aromatic nitrogens is 2. The first kappa shape index (κ1) is 15.2. The van der Waals surface area contributed by atoms with E-state index >= 15 is 0 Å². The van der Waals surface area contributed by atoms with E-state index in [1.807, 2.05) is 0 Å². The van der Waals surface area contributed by atoms with Crippen molar-refractivity contribution in [1.29, 1.82) is 0 Å². The van der Waals surface area contributed by atoms with Gasteiger partial charge in [-0.05, 0) is 37.4 Å². The lowest BCUT2D eigenvalue weighted by molar-refractivity contribution is -0.145. The van der Waals surface area contributed by atoms with E-state index in [0.717, 1.165) is 32.1 Å². The van der Waals surface area contributed by atoms with Crippen LogP contribution in [0.1, 0.15) is 30.8 Å². The third-order valence-corrected chi connectivity index (χ3v) is 4.39. The van der Waals surface area contributed by atoms with Crippen molar-refractivity contribution in [2.45, 2.75) is 32.0 Å². The average molecular weight is 314 g/mol. The summed E-state index contributed by atoms with van der Waals surface area (Å²) in [5.41, 5.74) is 0.198. The second-order valence-electron chi connectivity index (χ2n) is 6.05. The number of rotatable bonds is 2. The minimum Gasteiger partial charge on any atom is -0.336 e. The molecule has 5 nitrogen and oxygen atoms in total. The summed E-state index contributed by atoms with van der Waals surface area (Å²) in [6, 6.07) is 1.43. The first-order valence-corrected chi connectivity index (χ1v) is 7.26. The van der Waals surface area contributed by atoms with Crippen LogP contribution >= 0.6 is 0 Å². The summed E-state index contributed by atoms with van der Waals surface area (Å²) in [4.78, 5) is 20.6. The SMILES string of the molecule is O=C1CC2(CCNCC2)CN1Cc1ccnc(C(F)(F)F)n1. The highest BCUT2D eigenvalue weighted by molar-refractivity contribution is 5.79. The maximum absolute atomic E-state index is 12.6. The van der Waals surface area contributed by atoms with Gasteiger partial charge in [0.05, 0.1) is 12.2 Å². The molecule has 1 spiro atoms. The van der Waals surface area contributed by atoms with Gasteiger partial charge in [-0.15, -0.1) is 0 Å². The summed E-state index contributed by atoms with van der Waals surface area (Å²) in [7, 11) is 0. The Balaban J connectivity index is 1.72. The maximum Gasteiger partial charge on any atom is 0.451 e. The standard InChI is InChI=1S/C14H17F3N4O/c15-14(16,17)12-19-4-1-10(20-12)8-21-9-13(7-11(21)22)2-5-18-6-3-13/h1,4,18H,2-3,5-9H2. The Hall–Kier alpha value is -1.70. The van der Waals surface area contributed by atoms with Gasteiger partial charge < -0.3 is 10.2 Å². The van der Waals surface area contributed by atoms with Crippen LogP contribution in [0.2, 0.25) is 0 Å². The highest BCUT2D eigenvalue weighted by atomic mass is 19.4. The molecule has 2 aliphatic heterocycles. The van der Waals surface area contributed by atoms with Gasteiger partial charge in [-0.25, -0.2) is 9.97 Å². The second-order valence-corrected chi connectivity index (χ2v) is 6.05. The first-order chi connectivity index (χ1) is 10.4. The highest BCUT2D eigenvalue weighted by Crippen LogP contribution is 2.39. The minimum absolute atomic E-state index is 0.00549. The van der Waals surface area contributed by atoms with Crippen LogP contribution in [0.4, 0.5) is 13.2 Å². The fraction of sp³-hybridized carbons (Fsp3) is 0.643. The number of halogens is 3. The van der Waals surface area contributed by atoms with Crippen LogP contribution in [0.15, 0.2) is 12.3 Å². The molecule has 22 heavy (non-hydrogen) atoms. The van der Waals surface area contributed by atoms with Crippen LogP contribution in [0.5, 0.6) is 0 Å². The number of carbonyl (C=O) groups excluding carboxylic acids is 1. The number of nitrogens with one attached hydrogen (secondary N) is 1. The van der Waals surface area contributed by atoms with Crippen LogP contribution in [0, 0.1) is 5.41 Å². The van der Waals surface area contributed by atoms with Gasteiger partial charge in [0.2, 0.25) is 11.7 Å². The quantitative estimate of drug-likeness (QED) is 0.901. The van der Waals surface area contributed by atoms with Gasteiger partial charge in [0, 0.05) is 19.2 Å². The van der Waals surface area contributed by atoms with E-state index in [2.05, 4.69) is 15.3 Å². The molecule has 1 aromatic heterocycles. The van der Waals surface area contributed by atoms with Gasteiger partial charge in [-0.2, -0.15) is 13.2 Å². The van der Waals surface area contributed by atoms with Crippen LogP contribution in [0.25, 0.3) is 0 Å². The molecule has 1 aromatic rings. The van der Waals surface area contributed by atoms with Crippen molar-refractivity contribution < 1.29 is 18.0 Å². The van der Waals surface area contributed by atoms with Crippen LogP contribution in [0.3, 0.4) is 0 Å². The third-order valence-electron chi connectivity index (χ3n) is 4.39. The summed E-state index contributed by atoms with van der Waals surface area (Å²) < 4.78 is 37.9. The number of hydrogen-bond donors (Lipinski definition) is 1. The number of piperidine rings is 1. The molecule has 0 atom stereocenters. The van der Waals surface area contributed by atoms with Crippen molar-refractivity contribution in [1.82, 2.24) is 20.2 Å². The minimum atomic E-state index is -4.57. The lowest BCUT2D eigenvalue weighted by Gasteiger charge is -2.33. The molecule has 0 aromatic carbocycles. The fourth-order valence-electron chi connectivity index (χ4n) is 3.23. The molecule has 3 heterocycles. The van der Waals surface area contributed by atoms with Gasteiger partial charge in [0.15, 0.2) is 0 Å². The van der Waals surface area contributed by atoms with E-state index in [1.165, 1.54) is 6.07 Å². The Bertz CT molecular complexity index is 569. The summed E-state index contributed by atoms with van der Waals surface area (Å²) in [6.07, 6.45) is -1.15. The summed E-state index contributed by atoms with van der Waals surface area (Å²) in [6.45, 7) is 2.47. The molecular weight excluding hydrogens is 297 g/mol. The Morgan fingerprint density at radius 1 is 1.32 bits per heavy atom. The molecule has 1 amide bonds. The monoisotopic (exact) mass is 314 g/mol. The van der Waals surface area contributed by atoms with E-state index in [-0.39, 0.29) is 23.6 Å². The molecule has 0 bridgehead atoms. The van der Waals surface area contributed by atoms with Crippen LogP contribution in [-0.4, -0.2) is 40.4 Å². The fourth-order valence-corrected chi connectivity index (χ4v) is 3.23. The zero-order chi connectivity index (χ0) is 15.8. The average Bonchev–Trinajstić information content (AvgIpc) is 2.74. The maximum atomic E-state index is 12.6. The number of carbonyl (C=O) groups is 1. The lowest BCUT2D eigenvalue weighted by atomic mass is 9.78. The number of nitrogens with zero attached hydrogens (tertiary/aromatic N) is 3. The van der Waals surface area contributed by atoms with Gasteiger partial charge in [0.1, 0.15) is 0 Å². The van der Waals surface area contributed by atoms with E-state index < -0.39 is 12.0 Å². The van der Waals surface area contributed by atoms with Crippen molar-refractivity contribution in [3.63, 3.8) is 0 Å². The zero-order valence-electron chi connectivity index (χ0n) is 12.0. The summed E-state index contributed by atoms with van der Waals surface area (Å²) in [5, 5.41) is 3.26. The predicted molar refractivity (Wildman–Crippen MR) is 71.6 cm³/mol. The van der Waals surface area contributed by atoms with Crippen LogP contribution in [-0.2, 0) is 17.5 Å². The Kier molecular flexibility index (Phi) is 3.80. The number of likely N-dealkylation sites (tertiary alicyclic amines) is 1. The lowest BCUT2D eigenvalue weighted by Crippen LogP contribution is -2.38. The normalized spacial score (nSPS) is 21.6. The second kappa shape index (κ2) is 5.49. The molecule has 8 heteroatoms. The molecule has 2 saturated heterocycles. The van der Waals surface area contributed by atoms with E-state index in [0.29, 0.717) is 13.0 Å². The largest absolute Gasteiger partial charge is 0.451 e. The molecule has 0 unspecified atom stereocenters. The van der Waals surface area contributed by atoms with E-state index in [4.69, 9.17) is 0 Å². The Morgan fingerprint density at radius 3 is 2.73 bits per heavy atom. The van der Waals surface area contributed by atoms with E-state index in [9.17, 15) is 18.0 Å². The molecule has 120 valence electrons. The summed E-state index contributed by atoms with van der Waals surface area (Å²) in [5.74, 6) is -1.16. The molecule has 0 aliphatic carbocycles. The number of alkyl halides is 3. The topological polar surface area (TPSA) is 58.1 Å².